The first kappa shape index (κ1) is 16.4. The Hall–Kier alpha value is -3.81. The molecule has 1 unspecified atom stereocenters. The number of aromatic nitrogens is 5. The number of hydrogen-bond donors (Lipinski definition) is 2. The number of hydrogen-bond acceptors (Lipinski definition) is 5. The third kappa shape index (κ3) is 2.58. The molecule has 5 rings (SSSR count). The van der Waals surface area contributed by atoms with Crippen LogP contribution < -0.4 is 10.9 Å². The van der Waals surface area contributed by atoms with Gasteiger partial charge in [0.25, 0.3) is 5.56 Å². The van der Waals surface area contributed by atoms with Gasteiger partial charge in [0.1, 0.15) is 5.82 Å². The Balaban J connectivity index is 1.67. The van der Waals surface area contributed by atoms with Crippen LogP contribution in [0.2, 0.25) is 0 Å². The number of nitrogens with one attached hydrogen (secondary N) is 2. The summed E-state index contributed by atoms with van der Waals surface area (Å²) in [5.41, 5.74) is 3.41. The first-order chi connectivity index (χ1) is 13.6. The van der Waals surface area contributed by atoms with Crippen LogP contribution in [-0.2, 0) is 4.79 Å². The molecule has 0 spiro atoms. The molecule has 28 heavy (non-hydrogen) atoms. The Morgan fingerprint density at radius 1 is 1.14 bits per heavy atom. The van der Waals surface area contributed by atoms with Crippen molar-refractivity contribution in [1.82, 2.24) is 25.0 Å². The summed E-state index contributed by atoms with van der Waals surface area (Å²) in [5, 5.41) is 15.0. The molecule has 8 nitrogen and oxygen atoms in total. The SMILES string of the molecule is Cc1nn(-c2ccc(=O)[nH]n2)c2c1C(c1ccc3ncccc3c1)CC(=O)N2. The van der Waals surface area contributed by atoms with Gasteiger partial charge in [-0.1, -0.05) is 12.1 Å². The number of anilines is 1. The number of benzene rings is 1. The second-order valence-corrected chi connectivity index (χ2v) is 6.80. The summed E-state index contributed by atoms with van der Waals surface area (Å²) in [6, 6.07) is 12.9. The standard InChI is InChI=1S/C20H16N6O2/c1-11-19-14(12-4-5-15-13(9-12)3-2-8-21-15)10-18(28)22-20(19)26(25-11)16-6-7-17(27)24-23-16/h2-9,14H,10H2,1H3,(H,22,28)(H,24,27). The van der Waals surface area contributed by atoms with Crippen LogP contribution in [0.3, 0.4) is 0 Å². The molecule has 138 valence electrons. The van der Waals surface area contributed by atoms with E-state index in [2.05, 4.69) is 31.7 Å². The van der Waals surface area contributed by atoms with Crippen molar-refractivity contribution in [3.05, 3.63) is 75.8 Å². The lowest BCUT2D eigenvalue weighted by atomic mass is 9.85. The zero-order valence-corrected chi connectivity index (χ0v) is 15.0. The summed E-state index contributed by atoms with van der Waals surface area (Å²) in [5.74, 6) is 0.816. The van der Waals surface area contributed by atoms with E-state index in [-0.39, 0.29) is 17.4 Å². The van der Waals surface area contributed by atoms with E-state index in [1.165, 1.54) is 6.07 Å². The fourth-order valence-electron chi connectivity index (χ4n) is 3.76. The lowest BCUT2D eigenvalue weighted by molar-refractivity contribution is -0.116. The Bertz CT molecular complexity index is 1270. The largest absolute Gasteiger partial charge is 0.310 e. The monoisotopic (exact) mass is 372 g/mol. The van der Waals surface area contributed by atoms with Crippen molar-refractivity contribution >= 4 is 22.6 Å². The lowest BCUT2D eigenvalue weighted by Crippen LogP contribution is -2.25. The van der Waals surface area contributed by atoms with Crippen LogP contribution in [0.5, 0.6) is 0 Å². The maximum absolute atomic E-state index is 12.5. The van der Waals surface area contributed by atoms with Crippen LogP contribution in [0.25, 0.3) is 16.7 Å². The van der Waals surface area contributed by atoms with Crippen LogP contribution in [0.4, 0.5) is 5.82 Å². The van der Waals surface area contributed by atoms with E-state index in [0.29, 0.717) is 18.1 Å². The van der Waals surface area contributed by atoms with Gasteiger partial charge < -0.3 is 5.32 Å². The first-order valence-corrected chi connectivity index (χ1v) is 8.90. The fraction of sp³-hybridized carbons (Fsp3) is 0.150. The minimum absolute atomic E-state index is 0.0886. The lowest BCUT2D eigenvalue weighted by Gasteiger charge is -2.24. The van der Waals surface area contributed by atoms with Gasteiger partial charge in [0.2, 0.25) is 5.91 Å². The van der Waals surface area contributed by atoms with E-state index in [1.54, 1.807) is 16.9 Å². The van der Waals surface area contributed by atoms with Crippen molar-refractivity contribution in [3.63, 3.8) is 0 Å². The number of nitrogens with zero attached hydrogens (tertiary/aromatic N) is 4. The molecule has 1 atom stereocenters. The average molecular weight is 372 g/mol. The summed E-state index contributed by atoms with van der Waals surface area (Å²) in [6.07, 6.45) is 2.10. The molecule has 0 saturated carbocycles. The predicted molar refractivity (Wildman–Crippen MR) is 104 cm³/mol. The summed E-state index contributed by atoms with van der Waals surface area (Å²) in [4.78, 5) is 28.2. The molecule has 0 bridgehead atoms. The number of aryl methyl sites for hydroxylation is 1. The van der Waals surface area contributed by atoms with Gasteiger partial charge in [0.05, 0.1) is 11.2 Å². The van der Waals surface area contributed by atoms with Crippen molar-refractivity contribution in [2.45, 2.75) is 19.3 Å². The molecule has 1 aliphatic heterocycles. The van der Waals surface area contributed by atoms with Crippen molar-refractivity contribution in [1.29, 1.82) is 0 Å². The molecule has 2 N–H and O–H groups in total. The van der Waals surface area contributed by atoms with E-state index in [4.69, 9.17) is 0 Å². The van der Waals surface area contributed by atoms with Gasteiger partial charge in [0, 0.05) is 35.6 Å². The van der Waals surface area contributed by atoms with E-state index in [1.807, 2.05) is 31.2 Å². The average Bonchev–Trinajstić information content (AvgIpc) is 3.04. The highest BCUT2D eigenvalue weighted by Gasteiger charge is 2.33. The van der Waals surface area contributed by atoms with Gasteiger partial charge in [-0.05, 0) is 36.8 Å². The van der Waals surface area contributed by atoms with Crippen molar-refractivity contribution < 1.29 is 4.79 Å². The van der Waals surface area contributed by atoms with Gasteiger partial charge >= 0.3 is 0 Å². The van der Waals surface area contributed by atoms with E-state index < -0.39 is 0 Å². The number of amides is 1. The highest BCUT2D eigenvalue weighted by atomic mass is 16.1. The summed E-state index contributed by atoms with van der Waals surface area (Å²) in [6.45, 7) is 1.91. The maximum Gasteiger partial charge on any atom is 0.264 e. The molecule has 0 fully saturated rings. The minimum atomic E-state index is -0.298. The number of aromatic amines is 1. The van der Waals surface area contributed by atoms with E-state index in [0.717, 1.165) is 27.7 Å². The quantitative estimate of drug-likeness (QED) is 0.562. The van der Waals surface area contributed by atoms with Gasteiger partial charge in [-0.25, -0.2) is 5.10 Å². The zero-order valence-electron chi connectivity index (χ0n) is 15.0. The van der Waals surface area contributed by atoms with E-state index in [9.17, 15) is 9.59 Å². The number of H-pyrrole nitrogens is 1. The molecule has 8 heteroatoms. The molecule has 0 aliphatic carbocycles. The number of pyridine rings is 1. The van der Waals surface area contributed by atoms with Gasteiger partial charge in [-0.3, -0.25) is 14.6 Å². The number of fused-ring (bicyclic) bond motifs is 2. The van der Waals surface area contributed by atoms with Crippen LogP contribution in [0.1, 0.15) is 29.2 Å². The predicted octanol–water partition coefficient (Wildman–Crippen LogP) is 2.29. The van der Waals surface area contributed by atoms with E-state index >= 15 is 0 Å². The van der Waals surface area contributed by atoms with Gasteiger partial charge in [-0.15, -0.1) is 0 Å². The Morgan fingerprint density at radius 2 is 2.04 bits per heavy atom. The molecule has 1 amide bonds. The van der Waals surface area contributed by atoms with Crippen molar-refractivity contribution in [2.24, 2.45) is 0 Å². The maximum atomic E-state index is 12.5. The summed E-state index contributed by atoms with van der Waals surface area (Å²) in [7, 11) is 0. The highest BCUT2D eigenvalue weighted by Crippen LogP contribution is 2.40. The minimum Gasteiger partial charge on any atom is -0.310 e. The van der Waals surface area contributed by atoms with Crippen LogP contribution in [-0.4, -0.2) is 30.9 Å². The Labute approximate surface area is 159 Å². The molecule has 0 radical (unpaired) electrons. The molecule has 0 saturated heterocycles. The number of carbonyl (C=O) groups is 1. The molecule has 3 aromatic heterocycles. The zero-order chi connectivity index (χ0) is 19.3. The van der Waals surface area contributed by atoms with Crippen LogP contribution >= 0.6 is 0 Å². The van der Waals surface area contributed by atoms with Crippen LogP contribution in [0.15, 0.2) is 53.5 Å². The van der Waals surface area contributed by atoms with Crippen molar-refractivity contribution in [2.75, 3.05) is 5.32 Å². The van der Waals surface area contributed by atoms with Crippen LogP contribution in [0, 0.1) is 6.92 Å². The smallest absolute Gasteiger partial charge is 0.264 e. The second-order valence-electron chi connectivity index (χ2n) is 6.80. The topological polar surface area (TPSA) is 106 Å². The Kier molecular flexibility index (Phi) is 3.58. The molecule has 1 aliphatic rings. The fourth-order valence-corrected chi connectivity index (χ4v) is 3.76. The Morgan fingerprint density at radius 3 is 2.86 bits per heavy atom. The number of carbonyl (C=O) groups excluding carboxylic acids is 1. The third-order valence-corrected chi connectivity index (χ3v) is 5.01. The highest BCUT2D eigenvalue weighted by molar-refractivity contribution is 5.95. The van der Waals surface area contributed by atoms with Crippen molar-refractivity contribution in [3.8, 4) is 5.82 Å². The van der Waals surface area contributed by atoms with Gasteiger partial charge in [0.15, 0.2) is 5.82 Å². The molecule has 4 heterocycles. The molecular formula is C20H16N6O2. The first-order valence-electron chi connectivity index (χ1n) is 8.90. The van der Waals surface area contributed by atoms with Gasteiger partial charge in [-0.2, -0.15) is 14.9 Å². The summed E-state index contributed by atoms with van der Waals surface area (Å²) >= 11 is 0. The molecule has 1 aromatic carbocycles. The normalized spacial score (nSPS) is 16.0. The molecular weight excluding hydrogens is 356 g/mol. The third-order valence-electron chi connectivity index (χ3n) is 5.01. The summed E-state index contributed by atoms with van der Waals surface area (Å²) < 4.78 is 1.56. The molecule has 4 aromatic rings. The number of rotatable bonds is 2. The second kappa shape index (κ2) is 6.12.